The summed E-state index contributed by atoms with van der Waals surface area (Å²) < 4.78 is 11.6. The van der Waals surface area contributed by atoms with Crippen LogP contribution in [0.4, 0.5) is 4.79 Å². The van der Waals surface area contributed by atoms with Crippen molar-refractivity contribution in [3.05, 3.63) is 95.6 Å². The van der Waals surface area contributed by atoms with Crippen LogP contribution >= 0.6 is 0 Å². The molecule has 1 unspecified atom stereocenters. The van der Waals surface area contributed by atoms with Gasteiger partial charge in [0.25, 0.3) is 0 Å². The zero-order valence-electron chi connectivity index (χ0n) is 23.1. The van der Waals surface area contributed by atoms with Crippen molar-refractivity contribution in [1.82, 2.24) is 10.6 Å². The Kier molecular flexibility index (Phi) is 9.22. The number of carbonyl (C=O) groups is 3. The maximum absolute atomic E-state index is 13.4. The van der Waals surface area contributed by atoms with E-state index in [0.717, 1.165) is 27.8 Å². The summed E-state index contributed by atoms with van der Waals surface area (Å²) in [4.78, 5) is 38.4. The molecule has 0 aliphatic heterocycles. The Hall–Kier alpha value is -4.17. The number of hydrogen-bond acceptors (Lipinski definition) is 5. The number of rotatable bonds is 12. The van der Waals surface area contributed by atoms with Gasteiger partial charge >= 0.3 is 12.1 Å². The Bertz CT molecular complexity index is 1300. The highest BCUT2D eigenvalue weighted by atomic mass is 16.5. The van der Waals surface area contributed by atoms with Gasteiger partial charge in [0.1, 0.15) is 18.2 Å². The summed E-state index contributed by atoms with van der Waals surface area (Å²) in [5, 5.41) is 15.0. The molecule has 0 aromatic heterocycles. The second kappa shape index (κ2) is 12.8. The Morgan fingerprint density at radius 3 is 2.08 bits per heavy atom. The lowest BCUT2D eigenvalue weighted by Gasteiger charge is -2.30. The van der Waals surface area contributed by atoms with Crippen LogP contribution in [-0.2, 0) is 25.7 Å². The number of carboxylic acids is 1. The highest BCUT2D eigenvalue weighted by molar-refractivity contribution is 5.91. The Morgan fingerprint density at radius 2 is 1.50 bits per heavy atom. The molecule has 210 valence electrons. The van der Waals surface area contributed by atoms with Gasteiger partial charge in [0, 0.05) is 5.92 Å². The van der Waals surface area contributed by atoms with Gasteiger partial charge in [-0.25, -0.2) is 9.59 Å². The third-order valence-electron chi connectivity index (χ3n) is 7.35. The summed E-state index contributed by atoms with van der Waals surface area (Å²) in [6, 6.07) is 24.3. The fourth-order valence-corrected chi connectivity index (χ4v) is 5.13. The molecule has 3 aromatic rings. The molecule has 3 N–H and O–H groups in total. The first-order valence-electron chi connectivity index (χ1n) is 13.6. The minimum atomic E-state index is -1.49. The molecule has 0 bridgehead atoms. The molecule has 8 heteroatoms. The van der Waals surface area contributed by atoms with E-state index in [-0.39, 0.29) is 25.6 Å². The fraction of sp³-hybridized carbons (Fsp3) is 0.344. The van der Waals surface area contributed by atoms with E-state index in [4.69, 9.17) is 9.47 Å². The van der Waals surface area contributed by atoms with Gasteiger partial charge in [0.05, 0.1) is 12.7 Å². The molecule has 40 heavy (non-hydrogen) atoms. The van der Waals surface area contributed by atoms with Gasteiger partial charge in [0.15, 0.2) is 0 Å². The van der Waals surface area contributed by atoms with Crippen LogP contribution in [0.3, 0.4) is 0 Å². The molecule has 1 aliphatic rings. The number of benzene rings is 3. The van der Waals surface area contributed by atoms with E-state index >= 15 is 0 Å². The third kappa shape index (κ3) is 6.51. The molecule has 0 fully saturated rings. The fourth-order valence-electron chi connectivity index (χ4n) is 5.13. The standard InChI is InChI=1S/C32H36N2O6/c1-4-18-32(3,30(36)37)34-29(35)28(21(2)39-19-22-12-6-5-7-13-22)33-31(38)40-20-27-25-16-10-8-14-23(25)24-15-9-11-17-26(24)27/h5-17,21,27-28H,4,18-20H2,1-3H3,(H,33,38)(H,34,35)(H,36,37)/t21-,28+,32?/m0/s1. The summed E-state index contributed by atoms with van der Waals surface area (Å²) >= 11 is 0. The number of amides is 2. The van der Waals surface area contributed by atoms with E-state index in [1.165, 1.54) is 6.92 Å². The average Bonchev–Trinajstić information content (AvgIpc) is 3.27. The molecule has 3 aromatic carbocycles. The first kappa shape index (κ1) is 28.8. The summed E-state index contributed by atoms with van der Waals surface area (Å²) in [5.41, 5.74) is 3.76. The lowest BCUT2D eigenvalue weighted by atomic mass is 9.95. The van der Waals surface area contributed by atoms with E-state index in [1.807, 2.05) is 73.7 Å². The van der Waals surface area contributed by atoms with Gasteiger partial charge in [-0.05, 0) is 48.1 Å². The molecule has 0 saturated carbocycles. The Labute approximate surface area is 234 Å². The van der Waals surface area contributed by atoms with E-state index in [1.54, 1.807) is 6.92 Å². The van der Waals surface area contributed by atoms with E-state index in [2.05, 4.69) is 22.8 Å². The van der Waals surface area contributed by atoms with Crippen molar-refractivity contribution in [2.75, 3.05) is 6.61 Å². The molecule has 0 saturated heterocycles. The van der Waals surface area contributed by atoms with Crippen molar-refractivity contribution in [3.63, 3.8) is 0 Å². The topological polar surface area (TPSA) is 114 Å². The number of hydrogen-bond donors (Lipinski definition) is 3. The van der Waals surface area contributed by atoms with E-state index in [9.17, 15) is 19.5 Å². The van der Waals surface area contributed by atoms with Crippen molar-refractivity contribution < 1.29 is 29.0 Å². The third-order valence-corrected chi connectivity index (χ3v) is 7.35. The van der Waals surface area contributed by atoms with Gasteiger partial charge in [-0.2, -0.15) is 0 Å². The van der Waals surface area contributed by atoms with Crippen LogP contribution in [0.1, 0.15) is 56.2 Å². The predicted octanol–water partition coefficient (Wildman–Crippen LogP) is 5.26. The minimum Gasteiger partial charge on any atom is -0.480 e. The van der Waals surface area contributed by atoms with Gasteiger partial charge in [-0.15, -0.1) is 0 Å². The number of carbonyl (C=O) groups excluding carboxylic acids is 2. The van der Waals surface area contributed by atoms with Crippen LogP contribution in [0.2, 0.25) is 0 Å². The predicted molar refractivity (Wildman–Crippen MR) is 152 cm³/mol. The summed E-state index contributed by atoms with van der Waals surface area (Å²) in [6.45, 7) is 5.25. The number of aliphatic carboxylic acids is 1. The number of ether oxygens (including phenoxy) is 2. The molecule has 2 amide bonds. The number of alkyl carbamates (subject to hydrolysis) is 1. The van der Waals surface area contributed by atoms with Crippen molar-refractivity contribution in [3.8, 4) is 11.1 Å². The van der Waals surface area contributed by atoms with Crippen molar-refractivity contribution in [1.29, 1.82) is 0 Å². The Balaban J connectivity index is 1.48. The molecule has 8 nitrogen and oxygen atoms in total. The number of carboxylic acid groups (broad SMARTS) is 1. The van der Waals surface area contributed by atoms with Crippen molar-refractivity contribution in [2.45, 2.75) is 63.8 Å². The molecular formula is C32H36N2O6. The van der Waals surface area contributed by atoms with Crippen LogP contribution < -0.4 is 10.6 Å². The summed E-state index contributed by atoms with van der Waals surface area (Å²) in [7, 11) is 0. The van der Waals surface area contributed by atoms with Crippen LogP contribution in [0, 0.1) is 0 Å². The van der Waals surface area contributed by atoms with E-state index in [0.29, 0.717) is 6.42 Å². The van der Waals surface area contributed by atoms with Crippen molar-refractivity contribution in [2.24, 2.45) is 0 Å². The molecule has 0 radical (unpaired) electrons. The molecule has 0 spiro atoms. The molecule has 0 heterocycles. The second-order valence-corrected chi connectivity index (χ2v) is 10.3. The molecule has 1 aliphatic carbocycles. The summed E-state index contributed by atoms with van der Waals surface area (Å²) in [6.07, 6.45) is -0.788. The lowest BCUT2D eigenvalue weighted by Crippen LogP contribution is -2.60. The van der Waals surface area contributed by atoms with Crippen molar-refractivity contribution >= 4 is 18.0 Å². The zero-order chi connectivity index (χ0) is 28.7. The lowest BCUT2D eigenvalue weighted by molar-refractivity contribution is -0.148. The first-order valence-corrected chi connectivity index (χ1v) is 13.6. The summed E-state index contributed by atoms with van der Waals surface area (Å²) in [5.74, 6) is -1.95. The molecule has 4 rings (SSSR count). The normalized spacial score (nSPS) is 15.2. The maximum Gasteiger partial charge on any atom is 0.407 e. The maximum atomic E-state index is 13.4. The first-order chi connectivity index (χ1) is 19.2. The highest BCUT2D eigenvalue weighted by Crippen LogP contribution is 2.44. The van der Waals surface area contributed by atoms with Crippen LogP contribution in [-0.4, -0.2) is 47.4 Å². The van der Waals surface area contributed by atoms with Gasteiger partial charge in [-0.1, -0.05) is 92.2 Å². The zero-order valence-corrected chi connectivity index (χ0v) is 23.1. The molecule has 3 atom stereocenters. The highest BCUT2D eigenvalue weighted by Gasteiger charge is 2.38. The second-order valence-electron chi connectivity index (χ2n) is 10.3. The van der Waals surface area contributed by atoms with Gasteiger partial charge in [0.2, 0.25) is 5.91 Å². The van der Waals surface area contributed by atoms with Gasteiger partial charge in [-0.3, -0.25) is 4.79 Å². The SMILES string of the molecule is CCCC(C)(NC(=O)[C@H](NC(=O)OCC1c2ccccc2-c2ccccc21)[C@H](C)OCc1ccccc1)C(=O)O. The van der Waals surface area contributed by atoms with Gasteiger partial charge < -0.3 is 25.2 Å². The minimum absolute atomic E-state index is 0.0795. The monoisotopic (exact) mass is 544 g/mol. The van der Waals surface area contributed by atoms with E-state index < -0.39 is 35.7 Å². The average molecular weight is 545 g/mol. The van der Waals surface area contributed by atoms with Crippen LogP contribution in [0.15, 0.2) is 78.9 Å². The number of nitrogens with one attached hydrogen (secondary N) is 2. The largest absolute Gasteiger partial charge is 0.480 e. The van der Waals surface area contributed by atoms with Crippen LogP contribution in [0.25, 0.3) is 11.1 Å². The Morgan fingerprint density at radius 1 is 0.925 bits per heavy atom. The number of fused-ring (bicyclic) bond motifs is 3. The quantitative estimate of drug-likeness (QED) is 0.287. The smallest absolute Gasteiger partial charge is 0.407 e. The van der Waals surface area contributed by atoms with Crippen LogP contribution in [0.5, 0.6) is 0 Å². The molecular weight excluding hydrogens is 508 g/mol.